The number of aromatic nitrogens is 3. The predicted octanol–water partition coefficient (Wildman–Crippen LogP) is 11.1. The molecule has 0 saturated carbocycles. The first-order valence-corrected chi connectivity index (χ1v) is 15.5. The molecule has 3 nitrogen and oxygen atoms in total. The molecule has 0 atom stereocenters. The molecule has 3 heteroatoms. The minimum Gasteiger partial charge on any atom is -0.264 e. The first-order chi connectivity index (χ1) is 22.8. The normalized spacial score (nSPS) is 11.5. The van der Waals surface area contributed by atoms with Crippen LogP contribution in [0.15, 0.2) is 164 Å². The van der Waals surface area contributed by atoms with Crippen LogP contribution in [-0.2, 0) is 0 Å². The van der Waals surface area contributed by atoms with Crippen molar-refractivity contribution >= 4 is 32.3 Å². The zero-order chi connectivity index (χ0) is 30.5. The zero-order valence-corrected chi connectivity index (χ0v) is 24.9. The summed E-state index contributed by atoms with van der Waals surface area (Å²) in [5.41, 5.74) is 11.0. The highest BCUT2D eigenvalue weighted by molar-refractivity contribution is 6.27. The molecule has 3 heterocycles. The minimum absolute atomic E-state index is 0.940. The molecule has 3 aromatic heterocycles. The average Bonchev–Trinajstić information content (AvgIpc) is 3.14. The van der Waals surface area contributed by atoms with Crippen LogP contribution in [0.2, 0.25) is 0 Å². The van der Waals surface area contributed by atoms with Crippen LogP contribution in [0, 0.1) is 0 Å². The van der Waals surface area contributed by atoms with E-state index in [0.29, 0.717) is 0 Å². The highest BCUT2D eigenvalue weighted by atomic mass is 14.7. The van der Waals surface area contributed by atoms with Gasteiger partial charge in [-0.2, -0.15) is 0 Å². The third kappa shape index (κ3) is 4.41. The van der Waals surface area contributed by atoms with Crippen molar-refractivity contribution in [2.45, 2.75) is 0 Å². The fraction of sp³-hybridized carbons (Fsp3) is 0. The first-order valence-electron chi connectivity index (χ1n) is 15.5. The highest BCUT2D eigenvalue weighted by Gasteiger charge is 2.16. The SMILES string of the molecule is c1ccc(-c2cc(-c3cccc(-c4ccc5ccc6c(-c7cccnc7)ccc7ccc4c5c76)c3)cc(-c3ccccn3)c2)nc1. The molecule has 0 N–H and O–H groups in total. The van der Waals surface area contributed by atoms with Crippen LogP contribution in [-0.4, -0.2) is 15.0 Å². The van der Waals surface area contributed by atoms with E-state index in [9.17, 15) is 0 Å². The van der Waals surface area contributed by atoms with Crippen LogP contribution < -0.4 is 0 Å². The molecule has 0 radical (unpaired) electrons. The summed E-state index contributed by atoms with van der Waals surface area (Å²) in [6.07, 6.45) is 7.46. The number of rotatable bonds is 5. The monoisotopic (exact) mass is 585 g/mol. The Labute approximate surface area is 266 Å². The number of hydrogen-bond acceptors (Lipinski definition) is 3. The largest absolute Gasteiger partial charge is 0.264 e. The van der Waals surface area contributed by atoms with Crippen molar-refractivity contribution in [2.24, 2.45) is 0 Å². The molecule has 9 aromatic rings. The lowest BCUT2D eigenvalue weighted by atomic mass is 9.87. The van der Waals surface area contributed by atoms with Crippen LogP contribution in [0.25, 0.3) is 88.2 Å². The number of pyridine rings is 3. The molecule has 0 aliphatic rings. The molecule has 0 amide bonds. The second-order valence-corrected chi connectivity index (χ2v) is 11.7. The number of nitrogens with zero attached hydrogens (tertiary/aromatic N) is 3. The van der Waals surface area contributed by atoms with Gasteiger partial charge < -0.3 is 0 Å². The molecule has 0 unspecified atom stereocenters. The van der Waals surface area contributed by atoms with E-state index in [4.69, 9.17) is 0 Å². The van der Waals surface area contributed by atoms with Gasteiger partial charge in [-0.1, -0.05) is 84.9 Å². The third-order valence-corrected chi connectivity index (χ3v) is 9.00. The van der Waals surface area contributed by atoms with Crippen LogP contribution >= 0.6 is 0 Å². The Morgan fingerprint density at radius 2 is 0.891 bits per heavy atom. The molecule has 46 heavy (non-hydrogen) atoms. The summed E-state index contributed by atoms with van der Waals surface area (Å²) in [6, 6.07) is 49.8. The molecular formula is C43H27N3. The molecule has 0 aliphatic heterocycles. The van der Waals surface area contributed by atoms with E-state index in [0.717, 1.165) is 39.2 Å². The van der Waals surface area contributed by atoms with Gasteiger partial charge in [-0.15, -0.1) is 0 Å². The van der Waals surface area contributed by atoms with Crippen molar-refractivity contribution in [1.82, 2.24) is 15.0 Å². The molecular weight excluding hydrogens is 558 g/mol. The van der Waals surface area contributed by atoms with Crippen LogP contribution in [0.4, 0.5) is 0 Å². The molecule has 0 bridgehead atoms. The molecule has 214 valence electrons. The van der Waals surface area contributed by atoms with Gasteiger partial charge in [-0.05, 0) is 115 Å². The van der Waals surface area contributed by atoms with Crippen LogP contribution in [0.1, 0.15) is 0 Å². The summed E-state index contributed by atoms with van der Waals surface area (Å²) in [5, 5.41) is 7.62. The van der Waals surface area contributed by atoms with Gasteiger partial charge >= 0.3 is 0 Å². The van der Waals surface area contributed by atoms with E-state index in [1.807, 2.05) is 55.1 Å². The molecule has 9 rings (SSSR count). The smallest absolute Gasteiger partial charge is 0.0702 e. The standard InChI is InChI=1S/C43H27N3/c1-3-21-45-40(10-1)34-24-33(25-35(26-34)41-11-2-4-22-46-41)30-7-5-8-31(23-30)36-16-12-28-15-19-39-37(32-9-6-20-44-27-32)17-13-29-14-18-38(36)42(28)43(29)39/h1-27H. The van der Waals surface area contributed by atoms with E-state index in [1.54, 1.807) is 0 Å². The Hall–Kier alpha value is -6.19. The maximum absolute atomic E-state index is 4.66. The van der Waals surface area contributed by atoms with Gasteiger partial charge in [0.25, 0.3) is 0 Å². The lowest BCUT2D eigenvalue weighted by Crippen LogP contribution is -1.91. The first kappa shape index (κ1) is 26.2. The molecule has 6 aromatic carbocycles. The molecule has 0 saturated heterocycles. The fourth-order valence-electron chi connectivity index (χ4n) is 6.85. The number of benzene rings is 6. The quantitative estimate of drug-likeness (QED) is 0.189. The van der Waals surface area contributed by atoms with Crippen molar-refractivity contribution < 1.29 is 0 Å². The van der Waals surface area contributed by atoms with Gasteiger partial charge in [0.2, 0.25) is 0 Å². The molecule has 0 aliphatic carbocycles. The van der Waals surface area contributed by atoms with E-state index < -0.39 is 0 Å². The van der Waals surface area contributed by atoms with E-state index in [-0.39, 0.29) is 0 Å². The third-order valence-electron chi connectivity index (χ3n) is 9.00. The Balaban J connectivity index is 1.22. The lowest BCUT2D eigenvalue weighted by Gasteiger charge is -2.17. The summed E-state index contributed by atoms with van der Waals surface area (Å²) >= 11 is 0. The predicted molar refractivity (Wildman–Crippen MR) is 191 cm³/mol. The Kier molecular flexibility index (Phi) is 6.14. The van der Waals surface area contributed by atoms with Crippen molar-refractivity contribution in [3.63, 3.8) is 0 Å². The molecule has 0 fully saturated rings. The minimum atomic E-state index is 0.940. The van der Waals surface area contributed by atoms with Gasteiger partial charge in [0, 0.05) is 41.5 Å². The van der Waals surface area contributed by atoms with Crippen molar-refractivity contribution in [2.75, 3.05) is 0 Å². The Morgan fingerprint density at radius 3 is 1.48 bits per heavy atom. The van der Waals surface area contributed by atoms with Gasteiger partial charge in [0.15, 0.2) is 0 Å². The van der Waals surface area contributed by atoms with E-state index in [1.165, 1.54) is 49.0 Å². The van der Waals surface area contributed by atoms with E-state index >= 15 is 0 Å². The van der Waals surface area contributed by atoms with E-state index in [2.05, 4.69) is 124 Å². The highest BCUT2D eigenvalue weighted by Crippen LogP contribution is 2.43. The fourth-order valence-corrected chi connectivity index (χ4v) is 6.85. The lowest BCUT2D eigenvalue weighted by molar-refractivity contribution is 1.31. The van der Waals surface area contributed by atoms with Crippen LogP contribution in [0.5, 0.6) is 0 Å². The maximum Gasteiger partial charge on any atom is 0.0702 e. The summed E-state index contributed by atoms with van der Waals surface area (Å²) < 4.78 is 0. The second kappa shape index (κ2) is 10.8. The van der Waals surface area contributed by atoms with Crippen molar-refractivity contribution in [3.05, 3.63) is 164 Å². The zero-order valence-electron chi connectivity index (χ0n) is 24.9. The molecule has 0 spiro atoms. The summed E-state index contributed by atoms with van der Waals surface area (Å²) in [7, 11) is 0. The Morgan fingerprint density at radius 1 is 0.348 bits per heavy atom. The van der Waals surface area contributed by atoms with Crippen LogP contribution in [0.3, 0.4) is 0 Å². The topological polar surface area (TPSA) is 38.7 Å². The van der Waals surface area contributed by atoms with Gasteiger partial charge in [0.1, 0.15) is 0 Å². The van der Waals surface area contributed by atoms with Crippen molar-refractivity contribution in [1.29, 1.82) is 0 Å². The Bertz CT molecular complexity index is 2450. The maximum atomic E-state index is 4.66. The summed E-state index contributed by atoms with van der Waals surface area (Å²) in [5.74, 6) is 0. The summed E-state index contributed by atoms with van der Waals surface area (Å²) in [4.78, 5) is 13.7. The van der Waals surface area contributed by atoms with Gasteiger partial charge in [0.05, 0.1) is 11.4 Å². The average molecular weight is 586 g/mol. The van der Waals surface area contributed by atoms with Crippen molar-refractivity contribution in [3.8, 4) is 55.9 Å². The number of hydrogen-bond donors (Lipinski definition) is 0. The van der Waals surface area contributed by atoms with Gasteiger partial charge in [-0.25, -0.2) is 0 Å². The summed E-state index contributed by atoms with van der Waals surface area (Å²) in [6.45, 7) is 0. The second-order valence-electron chi connectivity index (χ2n) is 11.7. The van der Waals surface area contributed by atoms with Gasteiger partial charge in [-0.3, -0.25) is 15.0 Å².